The van der Waals surface area contributed by atoms with Crippen molar-refractivity contribution in [3.63, 3.8) is 0 Å². The first-order valence-electron chi connectivity index (χ1n) is 8.96. The van der Waals surface area contributed by atoms with Gasteiger partial charge in [-0.1, -0.05) is 30.3 Å². The van der Waals surface area contributed by atoms with Crippen LogP contribution < -0.4 is 0 Å². The fourth-order valence-electron chi connectivity index (χ4n) is 3.48. The van der Waals surface area contributed by atoms with Crippen LogP contribution in [-0.2, 0) is 20.8 Å². The van der Waals surface area contributed by atoms with Crippen LogP contribution >= 0.6 is 0 Å². The molecule has 10 nitrogen and oxygen atoms in total. The predicted molar refractivity (Wildman–Crippen MR) is 96.9 cm³/mol. The van der Waals surface area contributed by atoms with E-state index in [0.717, 1.165) is 10.5 Å². The lowest BCUT2D eigenvalue weighted by molar-refractivity contribution is -0.666. The molecule has 1 aromatic carbocycles. The number of aryl methyl sites for hydroxylation is 1. The van der Waals surface area contributed by atoms with Crippen LogP contribution in [0.25, 0.3) is 0 Å². The Bertz CT molecular complexity index is 740. The molecule has 152 valence electrons. The summed E-state index contributed by atoms with van der Waals surface area (Å²) in [4.78, 5) is 48.5. The summed E-state index contributed by atoms with van der Waals surface area (Å²) in [6.07, 6.45) is 0.956. The smallest absolute Gasteiger partial charge is 0.332 e. The zero-order valence-corrected chi connectivity index (χ0v) is 15.4. The minimum Gasteiger partial charge on any atom is -0.480 e. The van der Waals surface area contributed by atoms with Gasteiger partial charge in [0.2, 0.25) is 0 Å². The van der Waals surface area contributed by atoms with Crippen molar-refractivity contribution < 1.29 is 29.6 Å². The quantitative estimate of drug-likeness (QED) is 0.468. The number of nitrogens with zero attached hydrogens (tertiary/aromatic N) is 3. The van der Waals surface area contributed by atoms with E-state index in [1.54, 1.807) is 30.3 Å². The molecule has 0 aliphatic carbocycles. The summed E-state index contributed by atoms with van der Waals surface area (Å²) in [6.45, 7) is 1.41. The first-order valence-corrected chi connectivity index (χ1v) is 8.96. The Balaban J connectivity index is 2.19. The number of carboxylic acids is 2. The highest BCUT2D eigenvalue weighted by Crippen LogP contribution is 2.22. The van der Waals surface area contributed by atoms with Gasteiger partial charge in [-0.15, -0.1) is 5.01 Å². The standard InChI is InChI=1S/C18H23N3O7/c1-12(16(22)19-11-5-8-14(19)17(23)24)20(21(27)28)15(18(25)26)10-9-13-6-3-2-4-7-13/h2-4,6-7,12,14-15H,5,8-11H2,1H3,(H,23,24)(H,25,26)/t12-,14-,15-/m0/s1. The van der Waals surface area contributed by atoms with Gasteiger partial charge in [-0.2, -0.15) is 0 Å². The van der Waals surface area contributed by atoms with E-state index in [1.165, 1.54) is 6.92 Å². The fraction of sp³-hybridized carbons (Fsp3) is 0.500. The Labute approximate surface area is 161 Å². The molecule has 1 saturated heterocycles. The Morgan fingerprint density at radius 1 is 1.29 bits per heavy atom. The Morgan fingerprint density at radius 3 is 2.46 bits per heavy atom. The Kier molecular flexibility index (Phi) is 6.91. The molecular formula is C18H23N3O7. The van der Waals surface area contributed by atoms with E-state index < -0.39 is 41.0 Å². The number of carbonyl (C=O) groups is 3. The molecule has 2 N–H and O–H groups in total. The van der Waals surface area contributed by atoms with Gasteiger partial charge in [0.25, 0.3) is 5.91 Å². The maximum Gasteiger partial charge on any atom is 0.332 e. The van der Waals surface area contributed by atoms with Gasteiger partial charge >= 0.3 is 11.9 Å². The SMILES string of the molecule is C[C@@H](C(=O)N1CCC[C@H]1C(=O)O)N([C@@H](CCc1ccccc1)C(=O)O)[N+](=O)[O-]. The Hall–Kier alpha value is -3.17. The van der Waals surface area contributed by atoms with E-state index in [4.69, 9.17) is 0 Å². The molecule has 1 aromatic rings. The van der Waals surface area contributed by atoms with E-state index in [2.05, 4.69) is 0 Å². The summed E-state index contributed by atoms with van der Waals surface area (Å²) < 4.78 is 0. The van der Waals surface area contributed by atoms with Crippen LogP contribution in [0.1, 0.15) is 31.7 Å². The van der Waals surface area contributed by atoms with Crippen molar-refractivity contribution in [3.05, 3.63) is 46.0 Å². The second-order valence-electron chi connectivity index (χ2n) is 6.70. The molecule has 1 heterocycles. The van der Waals surface area contributed by atoms with Crippen molar-refractivity contribution in [2.24, 2.45) is 0 Å². The molecule has 1 fully saturated rings. The fourth-order valence-corrected chi connectivity index (χ4v) is 3.48. The lowest BCUT2D eigenvalue weighted by Crippen LogP contribution is -2.57. The summed E-state index contributed by atoms with van der Waals surface area (Å²) in [7, 11) is 0. The van der Waals surface area contributed by atoms with Gasteiger partial charge in [0, 0.05) is 6.54 Å². The van der Waals surface area contributed by atoms with Crippen LogP contribution in [0, 0.1) is 10.1 Å². The van der Waals surface area contributed by atoms with Crippen LogP contribution in [0.15, 0.2) is 30.3 Å². The van der Waals surface area contributed by atoms with Crippen molar-refractivity contribution in [1.29, 1.82) is 0 Å². The summed E-state index contributed by atoms with van der Waals surface area (Å²) in [6, 6.07) is 4.95. The van der Waals surface area contributed by atoms with Gasteiger partial charge in [0.1, 0.15) is 6.04 Å². The number of aliphatic carboxylic acids is 2. The molecule has 3 atom stereocenters. The molecule has 10 heteroatoms. The molecule has 1 aliphatic heterocycles. The molecule has 0 radical (unpaired) electrons. The monoisotopic (exact) mass is 393 g/mol. The van der Waals surface area contributed by atoms with Crippen molar-refractivity contribution in [2.45, 2.75) is 50.7 Å². The summed E-state index contributed by atoms with van der Waals surface area (Å²) in [5.41, 5.74) is 0.821. The lowest BCUT2D eigenvalue weighted by atomic mass is 10.0. The van der Waals surface area contributed by atoms with E-state index in [0.29, 0.717) is 11.4 Å². The van der Waals surface area contributed by atoms with Crippen molar-refractivity contribution in [3.8, 4) is 0 Å². The zero-order valence-electron chi connectivity index (χ0n) is 15.4. The summed E-state index contributed by atoms with van der Waals surface area (Å²) in [5, 5.41) is 29.9. The minimum atomic E-state index is -1.53. The molecular weight excluding hydrogens is 370 g/mol. The first-order chi connectivity index (χ1) is 13.2. The van der Waals surface area contributed by atoms with Crippen LogP contribution in [0.4, 0.5) is 0 Å². The molecule has 0 spiro atoms. The normalized spacial score (nSPS) is 18.3. The van der Waals surface area contributed by atoms with Crippen molar-refractivity contribution >= 4 is 17.8 Å². The third-order valence-corrected chi connectivity index (χ3v) is 4.92. The highest BCUT2D eigenvalue weighted by Gasteiger charge is 2.44. The number of hydrogen-bond donors (Lipinski definition) is 2. The predicted octanol–water partition coefficient (Wildman–Crippen LogP) is 1.03. The number of amides is 1. The largest absolute Gasteiger partial charge is 0.480 e. The number of rotatable bonds is 9. The van der Waals surface area contributed by atoms with Gasteiger partial charge in [0.05, 0.1) is 0 Å². The highest BCUT2D eigenvalue weighted by molar-refractivity contribution is 5.87. The third-order valence-electron chi connectivity index (χ3n) is 4.92. The number of carbonyl (C=O) groups excluding carboxylic acids is 1. The van der Waals surface area contributed by atoms with Gasteiger partial charge in [-0.3, -0.25) is 4.79 Å². The third kappa shape index (κ3) is 4.76. The molecule has 0 unspecified atom stereocenters. The minimum absolute atomic E-state index is 0.0691. The number of nitro groups is 1. The van der Waals surface area contributed by atoms with E-state index >= 15 is 0 Å². The van der Waals surface area contributed by atoms with E-state index in [1.807, 2.05) is 0 Å². The summed E-state index contributed by atoms with van der Waals surface area (Å²) >= 11 is 0. The van der Waals surface area contributed by atoms with Crippen LogP contribution in [0.2, 0.25) is 0 Å². The number of carboxylic acid groups (broad SMARTS) is 2. The number of likely N-dealkylation sites (tertiary alicyclic amines) is 1. The highest BCUT2D eigenvalue weighted by atomic mass is 16.7. The Morgan fingerprint density at radius 2 is 1.93 bits per heavy atom. The van der Waals surface area contributed by atoms with Crippen molar-refractivity contribution in [1.82, 2.24) is 9.91 Å². The number of benzene rings is 1. The van der Waals surface area contributed by atoms with E-state index in [9.17, 15) is 34.7 Å². The second kappa shape index (κ2) is 9.16. The molecule has 2 rings (SSSR count). The van der Waals surface area contributed by atoms with Gasteiger partial charge in [-0.25, -0.2) is 19.7 Å². The average molecular weight is 393 g/mol. The van der Waals surface area contributed by atoms with Crippen LogP contribution in [0.3, 0.4) is 0 Å². The second-order valence-corrected chi connectivity index (χ2v) is 6.70. The van der Waals surface area contributed by atoms with Crippen molar-refractivity contribution in [2.75, 3.05) is 6.54 Å². The van der Waals surface area contributed by atoms with Gasteiger partial charge < -0.3 is 15.1 Å². The molecule has 0 aromatic heterocycles. The maximum atomic E-state index is 12.7. The maximum absolute atomic E-state index is 12.7. The summed E-state index contributed by atoms with van der Waals surface area (Å²) in [5.74, 6) is -3.35. The number of hydrogen-bond acceptors (Lipinski definition) is 5. The van der Waals surface area contributed by atoms with E-state index in [-0.39, 0.29) is 25.8 Å². The molecule has 28 heavy (non-hydrogen) atoms. The topological polar surface area (TPSA) is 141 Å². The zero-order chi connectivity index (χ0) is 20.8. The molecule has 1 aliphatic rings. The van der Waals surface area contributed by atoms with Gasteiger partial charge in [-0.05, 0) is 38.2 Å². The molecule has 1 amide bonds. The molecule has 0 bridgehead atoms. The van der Waals surface area contributed by atoms with Gasteiger partial charge in [0.15, 0.2) is 17.1 Å². The molecule has 0 saturated carbocycles. The van der Waals surface area contributed by atoms with Crippen LogP contribution in [0.5, 0.6) is 0 Å². The average Bonchev–Trinajstić information content (AvgIpc) is 3.14. The lowest BCUT2D eigenvalue weighted by Gasteiger charge is -2.30. The first kappa shape index (κ1) is 21.1. The van der Waals surface area contributed by atoms with Crippen LogP contribution in [-0.4, -0.2) is 67.7 Å². The number of hydrazine groups is 1.